The van der Waals surface area contributed by atoms with Crippen molar-refractivity contribution in [2.75, 3.05) is 39.0 Å². The Hall–Kier alpha value is -0.550. The lowest BCUT2D eigenvalue weighted by atomic mass is 10.0. The zero-order valence-corrected chi connectivity index (χ0v) is 23.5. The molecule has 3 rings (SSSR count). The molecule has 1 saturated heterocycles. The minimum atomic E-state index is 0. The van der Waals surface area contributed by atoms with Crippen molar-refractivity contribution in [3.63, 3.8) is 0 Å². The fraction of sp³-hybridized carbons (Fsp3) is 0.870. The molecule has 32 heavy (non-hydrogen) atoms. The van der Waals surface area contributed by atoms with Gasteiger partial charge in [-0.2, -0.15) is 0 Å². The first-order chi connectivity index (χ1) is 15.3. The number of nitrogens with zero attached hydrogens (tertiary/aromatic N) is 5. The summed E-state index contributed by atoms with van der Waals surface area (Å²) in [7, 11) is 0. The predicted molar refractivity (Wildman–Crippen MR) is 147 cm³/mol. The number of hydrogen-bond acceptors (Lipinski definition) is 5. The number of nitrogens with one attached hydrogen (secondary N) is 2. The molecule has 1 atom stereocenters. The highest BCUT2D eigenvalue weighted by Crippen LogP contribution is 2.33. The molecule has 1 saturated carbocycles. The minimum Gasteiger partial charge on any atom is -0.357 e. The number of aromatic nitrogens is 3. The summed E-state index contributed by atoms with van der Waals surface area (Å²) in [6, 6.07) is 1.36. The molecular weight excluding hydrogens is 533 g/mol. The first-order valence-electron chi connectivity index (χ1n) is 12.5. The molecule has 2 aliphatic rings. The van der Waals surface area contributed by atoms with Gasteiger partial charge in [-0.05, 0) is 58.2 Å². The van der Waals surface area contributed by atoms with Crippen molar-refractivity contribution >= 4 is 41.7 Å². The Bertz CT molecular complexity index is 675. The van der Waals surface area contributed by atoms with E-state index < -0.39 is 0 Å². The number of thioether (sulfide) groups is 1. The summed E-state index contributed by atoms with van der Waals surface area (Å²) < 4.78 is 2.41. The molecule has 7 nitrogen and oxygen atoms in total. The first-order valence-corrected chi connectivity index (χ1v) is 13.7. The van der Waals surface area contributed by atoms with Gasteiger partial charge in [0.2, 0.25) is 0 Å². The highest BCUT2D eigenvalue weighted by molar-refractivity contribution is 14.0. The summed E-state index contributed by atoms with van der Waals surface area (Å²) in [6.45, 7) is 9.44. The number of guanidine groups is 1. The predicted octanol–water partition coefficient (Wildman–Crippen LogP) is 4.49. The number of aryl methyl sites for hydroxylation is 1. The second-order valence-corrected chi connectivity index (χ2v) is 9.57. The molecule has 1 unspecified atom stereocenters. The number of halogens is 1. The van der Waals surface area contributed by atoms with Gasteiger partial charge in [-0.15, -0.1) is 34.2 Å². The van der Waals surface area contributed by atoms with Gasteiger partial charge in [-0.3, -0.25) is 9.89 Å². The third-order valence-electron chi connectivity index (χ3n) is 6.69. The largest absolute Gasteiger partial charge is 0.357 e. The smallest absolute Gasteiger partial charge is 0.191 e. The van der Waals surface area contributed by atoms with Gasteiger partial charge in [0.25, 0.3) is 0 Å². The van der Waals surface area contributed by atoms with Gasteiger partial charge < -0.3 is 15.2 Å². The molecule has 0 amide bonds. The Morgan fingerprint density at radius 3 is 2.59 bits per heavy atom. The van der Waals surface area contributed by atoms with E-state index in [4.69, 9.17) is 4.99 Å². The standard InChI is InChI=1S/C23H43N7S.HI/c1-4-19-11-8-9-17-29(19)18-16-26-22(24-5-2)25-15-10-14-21-27-28-23(31-3)30(21)20-12-6-7-13-20;/h19-20H,4-18H2,1-3H3,(H2,24,25,26);1H. The van der Waals surface area contributed by atoms with Gasteiger partial charge in [-0.1, -0.05) is 37.9 Å². The van der Waals surface area contributed by atoms with Crippen LogP contribution in [0.5, 0.6) is 0 Å². The van der Waals surface area contributed by atoms with Gasteiger partial charge in [0.15, 0.2) is 11.1 Å². The van der Waals surface area contributed by atoms with Crippen LogP contribution in [0.3, 0.4) is 0 Å². The molecule has 1 aliphatic carbocycles. The van der Waals surface area contributed by atoms with Crippen LogP contribution in [0.2, 0.25) is 0 Å². The van der Waals surface area contributed by atoms with E-state index in [0.717, 1.165) is 62.0 Å². The topological polar surface area (TPSA) is 70.4 Å². The SMILES string of the molecule is CCNC(=NCCCc1nnc(SC)n1C1CCCC1)NCCN1CCCCC1CC.I. The van der Waals surface area contributed by atoms with Gasteiger partial charge in [0.1, 0.15) is 5.82 Å². The van der Waals surface area contributed by atoms with Gasteiger partial charge in [0.05, 0.1) is 0 Å². The van der Waals surface area contributed by atoms with Crippen LogP contribution in [0.1, 0.15) is 83.5 Å². The third-order valence-corrected chi connectivity index (χ3v) is 7.34. The third kappa shape index (κ3) is 8.04. The quantitative estimate of drug-likeness (QED) is 0.133. The molecule has 2 N–H and O–H groups in total. The van der Waals surface area contributed by atoms with Crippen LogP contribution >= 0.6 is 35.7 Å². The maximum Gasteiger partial charge on any atom is 0.191 e. The van der Waals surface area contributed by atoms with Crippen LogP contribution in [0.4, 0.5) is 0 Å². The second kappa shape index (κ2) is 15.4. The fourth-order valence-electron chi connectivity index (χ4n) is 5.05. The molecular formula is C23H44IN7S. The Balaban J connectivity index is 0.00000363. The van der Waals surface area contributed by atoms with Crippen LogP contribution in [-0.2, 0) is 6.42 Å². The van der Waals surface area contributed by atoms with Crippen molar-refractivity contribution in [1.82, 2.24) is 30.3 Å². The molecule has 1 aromatic rings. The van der Waals surface area contributed by atoms with E-state index >= 15 is 0 Å². The molecule has 0 radical (unpaired) electrons. The molecule has 0 spiro atoms. The van der Waals surface area contributed by atoms with Crippen LogP contribution < -0.4 is 10.6 Å². The van der Waals surface area contributed by atoms with E-state index in [9.17, 15) is 0 Å². The van der Waals surface area contributed by atoms with E-state index in [1.54, 1.807) is 11.8 Å². The second-order valence-electron chi connectivity index (χ2n) is 8.80. The number of aliphatic imine (C=N–C) groups is 1. The van der Waals surface area contributed by atoms with Crippen molar-refractivity contribution < 1.29 is 0 Å². The van der Waals surface area contributed by atoms with E-state index in [-0.39, 0.29) is 24.0 Å². The van der Waals surface area contributed by atoms with Crippen molar-refractivity contribution in [3.05, 3.63) is 5.82 Å². The average molecular weight is 578 g/mol. The summed E-state index contributed by atoms with van der Waals surface area (Å²) in [6.07, 6.45) is 14.6. The Labute approximate surface area is 216 Å². The molecule has 2 fully saturated rings. The van der Waals surface area contributed by atoms with Gasteiger partial charge in [-0.25, -0.2) is 0 Å². The molecule has 0 aromatic carbocycles. The normalized spacial score (nSPS) is 20.3. The molecule has 0 bridgehead atoms. The molecule has 1 aromatic heterocycles. The van der Waals surface area contributed by atoms with E-state index in [1.807, 2.05) is 0 Å². The number of hydrogen-bond donors (Lipinski definition) is 2. The zero-order chi connectivity index (χ0) is 21.9. The number of likely N-dealkylation sites (tertiary alicyclic amines) is 1. The zero-order valence-electron chi connectivity index (χ0n) is 20.3. The average Bonchev–Trinajstić information content (AvgIpc) is 3.46. The highest BCUT2D eigenvalue weighted by atomic mass is 127. The number of piperidine rings is 1. The monoisotopic (exact) mass is 577 g/mol. The van der Waals surface area contributed by atoms with Crippen molar-refractivity contribution in [2.24, 2.45) is 4.99 Å². The summed E-state index contributed by atoms with van der Waals surface area (Å²) in [4.78, 5) is 7.47. The first kappa shape index (κ1) is 27.7. The Kier molecular flexibility index (Phi) is 13.3. The lowest BCUT2D eigenvalue weighted by Gasteiger charge is -2.35. The summed E-state index contributed by atoms with van der Waals surface area (Å²) in [5.41, 5.74) is 0. The lowest BCUT2D eigenvalue weighted by Crippen LogP contribution is -2.46. The summed E-state index contributed by atoms with van der Waals surface area (Å²) in [5, 5.41) is 17.0. The fourth-order valence-corrected chi connectivity index (χ4v) is 5.62. The van der Waals surface area contributed by atoms with E-state index in [1.165, 1.54) is 57.9 Å². The lowest BCUT2D eigenvalue weighted by molar-refractivity contribution is 0.147. The highest BCUT2D eigenvalue weighted by Gasteiger charge is 2.23. The maximum absolute atomic E-state index is 4.82. The van der Waals surface area contributed by atoms with Gasteiger partial charge >= 0.3 is 0 Å². The van der Waals surface area contributed by atoms with Gasteiger partial charge in [0, 0.05) is 44.7 Å². The molecule has 1 aliphatic heterocycles. The summed E-state index contributed by atoms with van der Waals surface area (Å²) in [5.74, 6) is 2.08. The molecule has 2 heterocycles. The van der Waals surface area contributed by atoms with Crippen molar-refractivity contribution in [3.8, 4) is 0 Å². The van der Waals surface area contributed by atoms with Crippen LogP contribution in [0, 0.1) is 0 Å². The number of rotatable bonds is 11. The van der Waals surface area contributed by atoms with Crippen molar-refractivity contribution in [1.29, 1.82) is 0 Å². The molecule has 184 valence electrons. The maximum atomic E-state index is 4.82. The minimum absolute atomic E-state index is 0. The van der Waals surface area contributed by atoms with Crippen LogP contribution in [-0.4, -0.2) is 70.6 Å². The van der Waals surface area contributed by atoms with E-state index in [2.05, 4.69) is 50.4 Å². The Morgan fingerprint density at radius 2 is 1.88 bits per heavy atom. The van der Waals surface area contributed by atoms with E-state index in [0.29, 0.717) is 6.04 Å². The summed E-state index contributed by atoms with van der Waals surface area (Å²) >= 11 is 1.71. The molecule has 9 heteroatoms. The Morgan fingerprint density at radius 1 is 1.09 bits per heavy atom. The van der Waals surface area contributed by atoms with Crippen LogP contribution in [0.15, 0.2) is 10.1 Å². The van der Waals surface area contributed by atoms with Crippen LogP contribution in [0.25, 0.3) is 0 Å². The van der Waals surface area contributed by atoms with Crippen molar-refractivity contribution in [2.45, 2.75) is 95.3 Å².